The van der Waals surface area contributed by atoms with Gasteiger partial charge < -0.3 is 20.5 Å². The van der Waals surface area contributed by atoms with Crippen LogP contribution in [0.1, 0.15) is 52.0 Å². The van der Waals surface area contributed by atoms with Crippen molar-refractivity contribution >= 4 is 6.09 Å². The van der Waals surface area contributed by atoms with Crippen LogP contribution in [0.2, 0.25) is 0 Å². The van der Waals surface area contributed by atoms with E-state index in [0.717, 1.165) is 18.4 Å². The van der Waals surface area contributed by atoms with Crippen LogP contribution in [0.4, 0.5) is 4.79 Å². The molecule has 1 aliphatic carbocycles. The molecule has 0 unspecified atom stereocenters. The highest BCUT2D eigenvalue weighted by Crippen LogP contribution is 2.18. The molecule has 1 fully saturated rings. The van der Waals surface area contributed by atoms with Crippen molar-refractivity contribution in [1.82, 2.24) is 10.6 Å². The lowest BCUT2D eigenvalue weighted by Crippen LogP contribution is -2.50. The molecule has 0 saturated heterocycles. The van der Waals surface area contributed by atoms with E-state index in [-0.39, 0.29) is 0 Å². The molecule has 0 bridgehead atoms. The normalized spacial score (nSPS) is 17.9. The van der Waals surface area contributed by atoms with E-state index >= 15 is 0 Å². The van der Waals surface area contributed by atoms with Crippen LogP contribution in [-0.4, -0.2) is 41.5 Å². The summed E-state index contributed by atoms with van der Waals surface area (Å²) in [6.45, 7) is 5.96. The Kier molecular flexibility index (Phi) is 7.26. The lowest BCUT2D eigenvalue weighted by atomic mass is 10.0. The average Bonchev–Trinajstić information content (AvgIpc) is 3.04. The highest BCUT2D eigenvalue weighted by Gasteiger charge is 2.26. The molecular weight excluding hydrogens is 316 g/mol. The van der Waals surface area contributed by atoms with Crippen LogP contribution in [-0.2, 0) is 11.2 Å². The lowest BCUT2D eigenvalue weighted by Gasteiger charge is -2.28. The maximum absolute atomic E-state index is 12.2. The Morgan fingerprint density at radius 2 is 1.88 bits per heavy atom. The highest BCUT2D eigenvalue weighted by molar-refractivity contribution is 5.68. The van der Waals surface area contributed by atoms with Crippen molar-refractivity contribution in [2.24, 2.45) is 0 Å². The van der Waals surface area contributed by atoms with Gasteiger partial charge in [-0.2, -0.15) is 0 Å². The van der Waals surface area contributed by atoms with Gasteiger partial charge in [-0.05, 0) is 45.6 Å². The number of hydrogen-bond acceptors (Lipinski definition) is 4. The lowest BCUT2D eigenvalue weighted by molar-refractivity contribution is 0.0420. The van der Waals surface area contributed by atoms with Crippen LogP contribution in [0.5, 0.6) is 0 Å². The molecule has 1 amide bonds. The van der Waals surface area contributed by atoms with Gasteiger partial charge >= 0.3 is 6.09 Å². The van der Waals surface area contributed by atoms with Gasteiger partial charge in [0.25, 0.3) is 0 Å². The van der Waals surface area contributed by atoms with E-state index in [1.54, 1.807) is 0 Å². The van der Waals surface area contributed by atoms with Gasteiger partial charge in [0.2, 0.25) is 0 Å². The highest BCUT2D eigenvalue weighted by atomic mass is 16.6. The summed E-state index contributed by atoms with van der Waals surface area (Å²) in [6.07, 6.45) is 4.22. The van der Waals surface area contributed by atoms with Gasteiger partial charge in [-0.3, -0.25) is 0 Å². The van der Waals surface area contributed by atoms with E-state index in [2.05, 4.69) is 10.6 Å². The number of aliphatic hydroxyl groups excluding tert-OH is 1. The molecule has 0 aromatic heterocycles. The molecule has 5 nitrogen and oxygen atoms in total. The number of carbonyl (C=O) groups is 1. The first-order chi connectivity index (χ1) is 11.8. The van der Waals surface area contributed by atoms with Crippen LogP contribution in [0.15, 0.2) is 30.3 Å². The summed E-state index contributed by atoms with van der Waals surface area (Å²) in [4.78, 5) is 12.2. The molecule has 0 spiro atoms. The summed E-state index contributed by atoms with van der Waals surface area (Å²) < 4.78 is 5.35. The smallest absolute Gasteiger partial charge is 0.407 e. The molecular formula is C20H32N2O3. The van der Waals surface area contributed by atoms with Gasteiger partial charge in [-0.1, -0.05) is 43.2 Å². The van der Waals surface area contributed by atoms with Gasteiger partial charge in [-0.15, -0.1) is 0 Å². The number of alkyl carbamates (subject to hydrolysis) is 1. The Bertz CT molecular complexity index is 521. The number of carbonyl (C=O) groups excluding carboxylic acids is 1. The van der Waals surface area contributed by atoms with E-state index in [1.165, 1.54) is 12.8 Å². The Hall–Kier alpha value is -1.59. The zero-order valence-electron chi connectivity index (χ0n) is 15.6. The molecule has 1 saturated carbocycles. The molecule has 0 aliphatic heterocycles. The summed E-state index contributed by atoms with van der Waals surface area (Å²) in [7, 11) is 0. The Morgan fingerprint density at radius 1 is 1.24 bits per heavy atom. The molecule has 3 N–H and O–H groups in total. The topological polar surface area (TPSA) is 70.6 Å². The van der Waals surface area contributed by atoms with E-state index < -0.39 is 23.8 Å². The maximum Gasteiger partial charge on any atom is 0.407 e. The monoisotopic (exact) mass is 348 g/mol. The minimum atomic E-state index is -0.673. The Labute approximate surface area is 151 Å². The molecule has 0 radical (unpaired) electrons. The zero-order chi connectivity index (χ0) is 18.3. The number of hydrogen-bond donors (Lipinski definition) is 3. The van der Waals surface area contributed by atoms with Crippen molar-refractivity contribution in [2.75, 3.05) is 6.54 Å². The molecule has 2 rings (SSSR count). The fourth-order valence-electron chi connectivity index (χ4n) is 3.17. The van der Waals surface area contributed by atoms with Crippen molar-refractivity contribution in [3.8, 4) is 0 Å². The summed E-state index contributed by atoms with van der Waals surface area (Å²) in [5, 5.41) is 16.9. The first-order valence-electron chi connectivity index (χ1n) is 9.28. The van der Waals surface area contributed by atoms with E-state index in [0.29, 0.717) is 19.0 Å². The van der Waals surface area contributed by atoms with Crippen molar-refractivity contribution in [2.45, 2.75) is 76.7 Å². The molecule has 0 heterocycles. The fraction of sp³-hybridized carbons (Fsp3) is 0.650. The average molecular weight is 348 g/mol. The van der Waals surface area contributed by atoms with Gasteiger partial charge in [0, 0.05) is 12.6 Å². The zero-order valence-corrected chi connectivity index (χ0v) is 15.6. The molecule has 1 aromatic carbocycles. The van der Waals surface area contributed by atoms with Crippen LogP contribution in [0.25, 0.3) is 0 Å². The molecule has 25 heavy (non-hydrogen) atoms. The quantitative estimate of drug-likeness (QED) is 0.708. The standard InChI is InChI=1S/C20H32N2O3/c1-20(2,3)25-19(24)22-17(13-15-9-5-4-6-10-15)18(23)14-21-16-11-7-8-12-16/h4-6,9-10,16-18,21,23H,7-8,11-14H2,1-3H3,(H,22,24)/t17-,18+/m0/s1. The van der Waals surface area contributed by atoms with E-state index in [4.69, 9.17) is 4.74 Å². The molecule has 1 aromatic rings. The third-order valence-electron chi connectivity index (χ3n) is 4.44. The second-order valence-corrected chi connectivity index (χ2v) is 7.90. The maximum atomic E-state index is 12.2. The minimum absolute atomic E-state index is 0.397. The molecule has 5 heteroatoms. The SMILES string of the molecule is CC(C)(C)OC(=O)N[C@@H](Cc1ccccc1)[C@H](O)CNC1CCCC1. The predicted molar refractivity (Wildman–Crippen MR) is 99.6 cm³/mol. The van der Waals surface area contributed by atoms with Crippen molar-refractivity contribution in [3.63, 3.8) is 0 Å². The van der Waals surface area contributed by atoms with Crippen molar-refractivity contribution in [3.05, 3.63) is 35.9 Å². The van der Waals surface area contributed by atoms with Crippen LogP contribution in [0.3, 0.4) is 0 Å². The van der Waals surface area contributed by atoms with Crippen LogP contribution >= 0.6 is 0 Å². The summed E-state index contributed by atoms with van der Waals surface area (Å²) in [6, 6.07) is 9.96. The van der Waals surface area contributed by atoms with E-state index in [9.17, 15) is 9.90 Å². The summed E-state index contributed by atoms with van der Waals surface area (Å²) >= 11 is 0. The predicted octanol–water partition coefficient (Wildman–Crippen LogP) is 3.02. The second kappa shape index (κ2) is 9.20. The number of benzene rings is 1. The van der Waals surface area contributed by atoms with Crippen molar-refractivity contribution < 1.29 is 14.6 Å². The second-order valence-electron chi connectivity index (χ2n) is 7.90. The fourth-order valence-corrected chi connectivity index (χ4v) is 3.17. The molecule has 1 aliphatic rings. The van der Waals surface area contributed by atoms with Gasteiger partial charge in [0.05, 0.1) is 12.1 Å². The molecule has 140 valence electrons. The van der Waals surface area contributed by atoms with Crippen molar-refractivity contribution in [1.29, 1.82) is 0 Å². The first-order valence-corrected chi connectivity index (χ1v) is 9.28. The number of ether oxygens (including phenoxy) is 1. The van der Waals surface area contributed by atoms with Gasteiger partial charge in [0.15, 0.2) is 0 Å². The molecule has 2 atom stereocenters. The van der Waals surface area contributed by atoms with Crippen LogP contribution < -0.4 is 10.6 Å². The van der Waals surface area contributed by atoms with Gasteiger partial charge in [-0.25, -0.2) is 4.79 Å². The third-order valence-corrected chi connectivity index (χ3v) is 4.44. The first kappa shape index (κ1) is 19.7. The largest absolute Gasteiger partial charge is 0.444 e. The summed E-state index contributed by atoms with van der Waals surface area (Å²) in [5.41, 5.74) is 0.512. The van der Waals surface area contributed by atoms with Crippen LogP contribution in [0, 0.1) is 0 Å². The Morgan fingerprint density at radius 3 is 2.48 bits per heavy atom. The number of aliphatic hydroxyl groups is 1. The summed E-state index contributed by atoms with van der Waals surface area (Å²) in [5.74, 6) is 0. The number of amides is 1. The third kappa shape index (κ3) is 7.45. The number of nitrogens with one attached hydrogen (secondary N) is 2. The minimum Gasteiger partial charge on any atom is -0.444 e. The van der Waals surface area contributed by atoms with E-state index in [1.807, 2.05) is 51.1 Å². The Balaban J connectivity index is 1.95. The number of rotatable bonds is 7. The van der Waals surface area contributed by atoms with Gasteiger partial charge in [0.1, 0.15) is 5.60 Å².